The zero-order valence-corrected chi connectivity index (χ0v) is 15.2. The minimum Gasteiger partial charge on any atom is -0.493 e. The van der Waals surface area contributed by atoms with Crippen LogP contribution >= 0.6 is 34.8 Å². The lowest BCUT2D eigenvalue weighted by Crippen LogP contribution is -2.12. The first kappa shape index (κ1) is 18.7. The molecule has 2 aromatic carbocycles. The number of benzene rings is 2. The van der Waals surface area contributed by atoms with Gasteiger partial charge in [-0.2, -0.15) is 0 Å². The summed E-state index contributed by atoms with van der Waals surface area (Å²) < 4.78 is 10.4. The van der Waals surface area contributed by atoms with Crippen molar-refractivity contribution in [2.75, 3.05) is 25.6 Å². The van der Waals surface area contributed by atoms with Gasteiger partial charge in [0, 0.05) is 12.6 Å². The molecule has 0 aliphatic heterocycles. The number of anilines is 1. The molecule has 0 unspecified atom stereocenters. The second kappa shape index (κ2) is 9.02. The first-order valence-electron chi connectivity index (χ1n) is 7.21. The molecule has 0 bridgehead atoms. The van der Waals surface area contributed by atoms with Crippen molar-refractivity contribution in [2.24, 2.45) is 0 Å². The summed E-state index contributed by atoms with van der Waals surface area (Å²) in [6.07, 6.45) is 0.700. The molecule has 0 aliphatic carbocycles. The van der Waals surface area contributed by atoms with Crippen molar-refractivity contribution >= 4 is 46.5 Å². The molecule has 0 saturated heterocycles. The van der Waals surface area contributed by atoms with Crippen LogP contribution in [0.3, 0.4) is 0 Å². The summed E-state index contributed by atoms with van der Waals surface area (Å²) in [7, 11) is 1.33. The van der Waals surface area contributed by atoms with E-state index in [1.54, 1.807) is 36.4 Å². The fourth-order valence-electron chi connectivity index (χ4n) is 2.03. The van der Waals surface area contributed by atoms with Gasteiger partial charge in [0.1, 0.15) is 5.75 Å². The minimum absolute atomic E-state index is 0.399. The van der Waals surface area contributed by atoms with Crippen LogP contribution in [-0.4, -0.2) is 26.2 Å². The Kier molecular flexibility index (Phi) is 7.03. The molecule has 4 nitrogen and oxygen atoms in total. The highest BCUT2D eigenvalue weighted by molar-refractivity contribution is 6.42. The molecule has 0 aromatic heterocycles. The number of rotatable bonds is 7. The summed E-state index contributed by atoms with van der Waals surface area (Å²) in [4.78, 5) is 11.8. The molecule has 0 saturated carbocycles. The van der Waals surface area contributed by atoms with Gasteiger partial charge in [-0.3, -0.25) is 0 Å². The van der Waals surface area contributed by atoms with Gasteiger partial charge >= 0.3 is 5.97 Å². The van der Waals surface area contributed by atoms with Crippen LogP contribution in [0.15, 0.2) is 36.4 Å². The molecule has 2 aromatic rings. The van der Waals surface area contributed by atoms with Crippen LogP contribution in [-0.2, 0) is 4.74 Å². The predicted octanol–water partition coefficient (Wildman–Crippen LogP) is 5.31. The maximum Gasteiger partial charge on any atom is 0.340 e. The Morgan fingerprint density at radius 1 is 1.08 bits per heavy atom. The van der Waals surface area contributed by atoms with Crippen LogP contribution in [0.5, 0.6) is 5.75 Å². The quantitative estimate of drug-likeness (QED) is 0.515. The third kappa shape index (κ3) is 4.94. The second-order valence-corrected chi connectivity index (χ2v) is 6.08. The third-order valence-electron chi connectivity index (χ3n) is 3.20. The number of hydrogen-bond acceptors (Lipinski definition) is 4. The van der Waals surface area contributed by atoms with E-state index in [9.17, 15) is 4.79 Å². The summed E-state index contributed by atoms with van der Waals surface area (Å²) in [5, 5.41) is 4.54. The van der Waals surface area contributed by atoms with Crippen molar-refractivity contribution in [1.82, 2.24) is 0 Å². The van der Waals surface area contributed by atoms with Crippen molar-refractivity contribution < 1.29 is 14.3 Å². The zero-order chi connectivity index (χ0) is 17.5. The number of para-hydroxylation sites is 1. The van der Waals surface area contributed by atoms with Crippen LogP contribution in [0.4, 0.5) is 5.69 Å². The van der Waals surface area contributed by atoms with Crippen molar-refractivity contribution in [3.63, 3.8) is 0 Å². The number of halogens is 3. The number of nitrogens with one attached hydrogen (secondary N) is 1. The number of carbonyl (C=O) groups excluding carboxylic acids is 1. The molecular weight excluding hydrogens is 373 g/mol. The van der Waals surface area contributed by atoms with Crippen LogP contribution in [0.1, 0.15) is 16.8 Å². The van der Waals surface area contributed by atoms with E-state index in [1.807, 2.05) is 0 Å². The number of methoxy groups -OCH3 is 1. The topological polar surface area (TPSA) is 47.6 Å². The summed E-state index contributed by atoms with van der Waals surface area (Å²) in [6, 6.07) is 10.2. The summed E-state index contributed by atoms with van der Waals surface area (Å²) in [5.74, 6) is 0.212. The molecule has 0 fully saturated rings. The fraction of sp³-hybridized carbons (Fsp3) is 0.235. The van der Waals surface area contributed by atoms with Gasteiger partial charge in [0.15, 0.2) is 0 Å². The first-order valence-corrected chi connectivity index (χ1v) is 8.35. The number of carbonyl (C=O) groups is 1. The van der Waals surface area contributed by atoms with E-state index in [1.165, 1.54) is 7.11 Å². The molecule has 128 valence electrons. The first-order chi connectivity index (χ1) is 11.5. The molecule has 0 atom stereocenters. The Morgan fingerprint density at radius 3 is 2.58 bits per heavy atom. The van der Waals surface area contributed by atoms with Gasteiger partial charge in [0.2, 0.25) is 0 Å². The van der Waals surface area contributed by atoms with E-state index >= 15 is 0 Å². The van der Waals surface area contributed by atoms with Crippen molar-refractivity contribution in [2.45, 2.75) is 6.42 Å². The predicted molar refractivity (Wildman–Crippen MR) is 97.9 cm³/mol. The molecule has 0 spiro atoms. The Balaban J connectivity index is 1.86. The van der Waals surface area contributed by atoms with Gasteiger partial charge in [-0.25, -0.2) is 4.79 Å². The standard InChI is InChI=1S/C17H16Cl3NO3/c1-23-17(22)12-4-2-5-14(19)16(12)21-8-3-9-24-11-6-7-13(18)15(20)10-11/h2,4-7,10,21H,3,8-9H2,1H3. The molecule has 0 amide bonds. The SMILES string of the molecule is COC(=O)c1cccc(Cl)c1NCCCOc1ccc(Cl)c(Cl)c1. The van der Waals surface area contributed by atoms with Gasteiger partial charge < -0.3 is 14.8 Å². The Labute approximate surface area is 155 Å². The lowest BCUT2D eigenvalue weighted by Gasteiger charge is -2.13. The Bertz CT molecular complexity index is 722. The zero-order valence-electron chi connectivity index (χ0n) is 12.9. The van der Waals surface area contributed by atoms with E-state index in [0.29, 0.717) is 51.6 Å². The molecule has 1 N–H and O–H groups in total. The van der Waals surface area contributed by atoms with Crippen LogP contribution in [0, 0.1) is 0 Å². The molecular formula is C17H16Cl3NO3. The number of hydrogen-bond donors (Lipinski definition) is 1. The molecule has 2 rings (SSSR count). The maximum atomic E-state index is 11.8. The molecule has 0 aliphatic rings. The maximum absolute atomic E-state index is 11.8. The van der Waals surface area contributed by atoms with Crippen LogP contribution in [0.25, 0.3) is 0 Å². The van der Waals surface area contributed by atoms with Crippen LogP contribution in [0.2, 0.25) is 15.1 Å². The number of esters is 1. The van der Waals surface area contributed by atoms with E-state index < -0.39 is 5.97 Å². The monoisotopic (exact) mass is 387 g/mol. The summed E-state index contributed by atoms with van der Waals surface area (Å²) in [6.45, 7) is 1.05. The normalized spacial score (nSPS) is 10.3. The van der Waals surface area contributed by atoms with E-state index in [2.05, 4.69) is 5.32 Å². The van der Waals surface area contributed by atoms with Crippen molar-refractivity contribution in [1.29, 1.82) is 0 Å². The highest BCUT2D eigenvalue weighted by Crippen LogP contribution is 2.27. The lowest BCUT2D eigenvalue weighted by atomic mass is 10.1. The van der Waals surface area contributed by atoms with Gasteiger partial charge in [0.05, 0.1) is 40.0 Å². The summed E-state index contributed by atoms with van der Waals surface area (Å²) in [5.41, 5.74) is 0.955. The van der Waals surface area contributed by atoms with Gasteiger partial charge in [-0.15, -0.1) is 0 Å². The average Bonchev–Trinajstić information content (AvgIpc) is 2.58. The lowest BCUT2D eigenvalue weighted by molar-refractivity contribution is 0.0602. The second-order valence-electron chi connectivity index (χ2n) is 4.86. The van der Waals surface area contributed by atoms with Gasteiger partial charge in [-0.05, 0) is 30.7 Å². The Morgan fingerprint density at radius 2 is 1.88 bits per heavy atom. The third-order valence-corrected chi connectivity index (χ3v) is 4.26. The highest BCUT2D eigenvalue weighted by Gasteiger charge is 2.14. The van der Waals surface area contributed by atoms with Crippen molar-refractivity contribution in [3.05, 3.63) is 57.0 Å². The van der Waals surface area contributed by atoms with Crippen molar-refractivity contribution in [3.8, 4) is 5.75 Å². The van der Waals surface area contributed by atoms with E-state index in [4.69, 9.17) is 44.3 Å². The smallest absolute Gasteiger partial charge is 0.340 e. The minimum atomic E-state index is -0.438. The largest absolute Gasteiger partial charge is 0.493 e. The fourth-order valence-corrected chi connectivity index (χ4v) is 2.56. The molecule has 0 radical (unpaired) electrons. The van der Waals surface area contributed by atoms with Crippen LogP contribution < -0.4 is 10.1 Å². The molecule has 0 heterocycles. The van der Waals surface area contributed by atoms with E-state index in [0.717, 1.165) is 0 Å². The Hall–Kier alpha value is -1.62. The summed E-state index contributed by atoms with van der Waals surface area (Å²) >= 11 is 17.9. The highest BCUT2D eigenvalue weighted by atomic mass is 35.5. The van der Waals surface area contributed by atoms with Gasteiger partial charge in [-0.1, -0.05) is 40.9 Å². The number of ether oxygens (including phenoxy) is 2. The van der Waals surface area contributed by atoms with Gasteiger partial charge in [0.25, 0.3) is 0 Å². The molecule has 7 heteroatoms. The van der Waals surface area contributed by atoms with E-state index in [-0.39, 0.29) is 0 Å². The average molecular weight is 389 g/mol. The molecule has 24 heavy (non-hydrogen) atoms.